The van der Waals surface area contributed by atoms with Crippen LogP contribution in [0.4, 0.5) is 4.39 Å². The fourth-order valence-electron chi connectivity index (χ4n) is 1.80. The third-order valence-corrected chi connectivity index (χ3v) is 4.50. The van der Waals surface area contributed by atoms with Crippen molar-refractivity contribution in [2.75, 3.05) is 0 Å². The molecule has 0 aliphatic carbocycles. The van der Waals surface area contributed by atoms with Gasteiger partial charge in [-0.3, -0.25) is 0 Å². The lowest BCUT2D eigenvalue weighted by Crippen LogP contribution is -2.13. The molecule has 2 aromatic carbocycles. The Balaban J connectivity index is 2.23. The molecule has 0 radical (unpaired) electrons. The fraction of sp³-hybridized carbons (Fsp3) is 0.143. The molecular weight excluding hydrogens is 352 g/mol. The van der Waals surface area contributed by atoms with E-state index in [-0.39, 0.29) is 11.1 Å². The fourth-order valence-corrected chi connectivity index (χ4v) is 2.44. The van der Waals surface area contributed by atoms with Crippen LogP contribution in [0.15, 0.2) is 40.9 Å². The van der Waals surface area contributed by atoms with Crippen LogP contribution in [0.5, 0.6) is 0 Å². The maximum absolute atomic E-state index is 13.3. The third kappa shape index (κ3) is 3.48. The molecular formula is C14H11BrCl2FN. The van der Waals surface area contributed by atoms with Crippen molar-refractivity contribution >= 4 is 39.1 Å². The van der Waals surface area contributed by atoms with Crippen LogP contribution in [0.2, 0.25) is 10.0 Å². The van der Waals surface area contributed by atoms with Crippen molar-refractivity contribution < 1.29 is 4.39 Å². The molecule has 0 aliphatic rings. The predicted molar refractivity (Wildman–Crippen MR) is 81.2 cm³/mol. The van der Waals surface area contributed by atoms with Crippen LogP contribution in [0.25, 0.3) is 0 Å². The van der Waals surface area contributed by atoms with Gasteiger partial charge in [0.1, 0.15) is 5.82 Å². The Bertz CT molecular complexity index is 604. The highest BCUT2D eigenvalue weighted by Gasteiger charge is 2.12. The first kappa shape index (κ1) is 14.8. The molecule has 0 aliphatic heterocycles. The molecule has 0 heterocycles. The molecule has 2 N–H and O–H groups in total. The van der Waals surface area contributed by atoms with Gasteiger partial charge in [-0.2, -0.15) is 0 Å². The minimum absolute atomic E-state index is 0.126. The molecule has 0 spiro atoms. The topological polar surface area (TPSA) is 26.0 Å². The van der Waals surface area contributed by atoms with Crippen molar-refractivity contribution in [3.63, 3.8) is 0 Å². The molecule has 1 atom stereocenters. The predicted octanol–water partition coefficient (Wildman–Crippen LogP) is 5.14. The molecule has 100 valence electrons. The van der Waals surface area contributed by atoms with E-state index in [0.29, 0.717) is 17.0 Å². The third-order valence-electron chi connectivity index (χ3n) is 2.84. The summed E-state index contributed by atoms with van der Waals surface area (Å²) in [6.45, 7) is 0. The van der Waals surface area contributed by atoms with Crippen LogP contribution in [0.3, 0.4) is 0 Å². The summed E-state index contributed by atoms with van der Waals surface area (Å²) in [7, 11) is 0. The maximum Gasteiger partial charge on any atom is 0.142 e. The number of nitrogens with two attached hydrogens (primary N) is 1. The van der Waals surface area contributed by atoms with Crippen molar-refractivity contribution in [2.24, 2.45) is 5.73 Å². The largest absolute Gasteiger partial charge is 0.324 e. The molecule has 0 amide bonds. The molecule has 0 fully saturated rings. The van der Waals surface area contributed by atoms with E-state index >= 15 is 0 Å². The number of benzene rings is 2. The highest BCUT2D eigenvalue weighted by Crippen LogP contribution is 2.28. The zero-order valence-electron chi connectivity index (χ0n) is 9.84. The van der Waals surface area contributed by atoms with Crippen molar-refractivity contribution in [3.8, 4) is 0 Å². The molecule has 5 heteroatoms. The average Bonchev–Trinajstić information content (AvgIpc) is 2.38. The molecule has 0 aromatic heterocycles. The number of hydrogen-bond acceptors (Lipinski definition) is 1. The molecule has 0 saturated heterocycles. The summed E-state index contributed by atoms with van der Waals surface area (Å²) in [5, 5.41) is 0.722. The summed E-state index contributed by atoms with van der Waals surface area (Å²) in [5.74, 6) is -0.430. The van der Waals surface area contributed by atoms with E-state index in [1.807, 2.05) is 12.1 Å². The van der Waals surface area contributed by atoms with Crippen molar-refractivity contribution in [1.29, 1.82) is 0 Å². The Morgan fingerprint density at radius 1 is 1.21 bits per heavy atom. The minimum Gasteiger partial charge on any atom is -0.324 e. The highest BCUT2D eigenvalue weighted by molar-refractivity contribution is 9.10. The van der Waals surface area contributed by atoms with E-state index in [9.17, 15) is 4.39 Å². The Morgan fingerprint density at radius 2 is 1.95 bits per heavy atom. The summed E-state index contributed by atoms with van der Waals surface area (Å²) in [5.41, 5.74) is 7.68. The van der Waals surface area contributed by atoms with E-state index in [2.05, 4.69) is 15.9 Å². The lowest BCUT2D eigenvalue weighted by Gasteiger charge is -2.14. The van der Waals surface area contributed by atoms with Gasteiger partial charge in [-0.05, 0) is 51.7 Å². The summed E-state index contributed by atoms with van der Waals surface area (Å²) in [4.78, 5) is 0. The summed E-state index contributed by atoms with van der Waals surface area (Å²) in [6, 6.07) is 9.95. The second-order valence-electron chi connectivity index (χ2n) is 4.20. The van der Waals surface area contributed by atoms with E-state index in [0.717, 1.165) is 10.0 Å². The van der Waals surface area contributed by atoms with Gasteiger partial charge in [0.15, 0.2) is 0 Å². The zero-order valence-corrected chi connectivity index (χ0v) is 12.9. The van der Waals surface area contributed by atoms with Gasteiger partial charge in [-0.1, -0.05) is 41.4 Å². The molecule has 1 unspecified atom stereocenters. The minimum atomic E-state index is -0.430. The van der Waals surface area contributed by atoms with Crippen LogP contribution in [0, 0.1) is 5.82 Å². The summed E-state index contributed by atoms with van der Waals surface area (Å²) >= 11 is 15.3. The molecule has 2 aromatic rings. The first-order valence-electron chi connectivity index (χ1n) is 5.62. The van der Waals surface area contributed by atoms with E-state index < -0.39 is 5.82 Å². The molecule has 0 saturated carbocycles. The molecule has 0 bridgehead atoms. The first-order valence-corrected chi connectivity index (χ1v) is 7.17. The average molecular weight is 363 g/mol. The molecule has 2 rings (SSSR count). The van der Waals surface area contributed by atoms with Gasteiger partial charge in [0.25, 0.3) is 0 Å². The molecule has 1 nitrogen and oxygen atoms in total. The van der Waals surface area contributed by atoms with Crippen LogP contribution < -0.4 is 5.73 Å². The standard InChI is InChI=1S/C14H11BrCl2FN/c15-10-5-4-8(6-11(10)16)13(19)7-9-2-1-3-12(18)14(9)17/h1-6,13H,7,19H2. The van der Waals surface area contributed by atoms with E-state index in [4.69, 9.17) is 28.9 Å². The van der Waals surface area contributed by atoms with E-state index in [1.54, 1.807) is 18.2 Å². The quantitative estimate of drug-likeness (QED) is 0.803. The zero-order chi connectivity index (χ0) is 14.0. The second kappa shape index (κ2) is 6.23. The number of halogens is 4. The van der Waals surface area contributed by atoms with Crippen LogP contribution in [-0.2, 0) is 6.42 Å². The van der Waals surface area contributed by atoms with Gasteiger partial charge >= 0.3 is 0 Å². The smallest absolute Gasteiger partial charge is 0.142 e. The van der Waals surface area contributed by atoms with Gasteiger partial charge in [-0.25, -0.2) is 4.39 Å². The maximum atomic E-state index is 13.3. The van der Waals surface area contributed by atoms with Crippen LogP contribution >= 0.6 is 39.1 Å². The van der Waals surface area contributed by atoms with Gasteiger partial charge < -0.3 is 5.73 Å². The SMILES string of the molecule is NC(Cc1cccc(F)c1Cl)c1ccc(Br)c(Cl)c1. The van der Waals surface area contributed by atoms with Crippen molar-refractivity contribution in [3.05, 3.63) is 67.9 Å². The van der Waals surface area contributed by atoms with Gasteiger partial charge in [0.05, 0.1) is 10.0 Å². The van der Waals surface area contributed by atoms with Gasteiger partial charge in [-0.15, -0.1) is 0 Å². The lowest BCUT2D eigenvalue weighted by atomic mass is 9.99. The van der Waals surface area contributed by atoms with Gasteiger partial charge in [0, 0.05) is 10.5 Å². The van der Waals surface area contributed by atoms with E-state index in [1.165, 1.54) is 6.07 Å². The monoisotopic (exact) mass is 361 g/mol. The second-order valence-corrected chi connectivity index (χ2v) is 5.84. The number of rotatable bonds is 3. The Labute approximate surface area is 129 Å². The van der Waals surface area contributed by atoms with Crippen molar-refractivity contribution in [2.45, 2.75) is 12.5 Å². The Kier molecular flexibility index (Phi) is 4.85. The van der Waals surface area contributed by atoms with Crippen LogP contribution in [-0.4, -0.2) is 0 Å². The summed E-state index contributed by atoms with van der Waals surface area (Å²) in [6.07, 6.45) is 0.453. The lowest BCUT2D eigenvalue weighted by molar-refractivity contribution is 0.622. The Morgan fingerprint density at radius 3 is 2.63 bits per heavy atom. The van der Waals surface area contributed by atoms with Gasteiger partial charge in [0.2, 0.25) is 0 Å². The summed E-state index contributed by atoms with van der Waals surface area (Å²) < 4.78 is 14.2. The van der Waals surface area contributed by atoms with Crippen molar-refractivity contribution in [1.82, 2.24) is 0 Å². The first-order chi connectivity index (χ1) is 8.99. The van der Waals surface area contributed by atoms with Crippen LogP contribution in [0.1, 0.15) is 17.2 Å². The Hall–Kier alpha value is -0.610. The normalized spacial score (nSPS) is 12.5. The highest BCUT2D eigenvalue weighted by atomic mass is 79.9. The number of hydrogen-bond donors (Lipinski definition) is 1. The molecule has 19 heavy (non-hydrogen) atoms.